The molecule has 0 saturated heterocycles. The van der Waals surface area contributed by atoms with Crippen molar-refractivity contribution in [1.82, 2.24) is 9.78 Å². The smallest absolute Gasteiger partial charge is 0.362 e. The number of ether oxygens (including phenoxy) is 1. The lowest BCUT2D eigenvalue weighted by Gasteiger charge is -2.11. The van der Waals surface area contributed by atoms with Crippen LogP contribution in [0.3, 0.4) is 0 Å². The molecule has 0 aliphatic rings. The highest BCUT2D eigenvalue weighted by Gasteiger charge is 2.17. The van der Waals surface area contributed by atoms with Gasteiger partial charge in [0, 0.05) is 16.8 Å². The molecular weight excluding hydrogens is 315 g/mol. The van der Waals surface area contributed by atoms with E-state index in [-0.39, 0.29) is 5.69 Å². The predicted molar refractivity (Wildman–Crippen MR) is 80.7 cm³/mol. The minimum Gasteiger partial charge on any atom is -0.464 e. The second-order valence-corrected chi connectivity index (χ2v) is 5.29. The third-order valence-electron chi connectivity index (χ3n) is 2.95. The van der Waals surface area contributed by atoms with Crippen LogP contribution >= 0.6 is 23.2 Å². The summed E-state index contributed by atoms with van der Waals surface area (Å²) in [5.74, 6) is -0.799. The molecule has 0 saturated carbocycles. The maximum absolute atomic E-state index is 11.9. The van der Waals surface area contributed by atoms with Gasteiger partial charge in [-0.1, -0.05) is 23.2 Å². The molecule has 0 unspecified atom stereocenters. The predicted octanol–water partition coefficient (Wildman–Crippen LogP) is 2.94. The van der Waals surface area contributed by atoms with Crippen LogP contribution in [0.15, 0.2) is 23.1 Å². The molecule has 1 aromatic carbocycles. The zero-order chi connectivity index (χ0) is 15.7. The summed E-state index contributed by atoms with van der Waals surface area (Å²) in [6, 6.07) is 3.31. The highest BCUT2D eigenvalue weighted by molar-refractivity contribution is 6.35. The highest BCUT2D eigenvalue weighted by Crippen LogP contribution is 2.27. The number of aromatic nitrogens is 2. The van der Waals surface area contributed by atoms with Crippen LogP contribution in [0, 0.1) is 13.8 Å². The summed E-state index contributed by atoms with van der Waals surface area (Å²) in [5.41, 5.74) is 0.854. The number of rotatable bonds is 2. The summed E-state index contributed by atoms with van der Waals surface area (Å²) in [6.07, 6.45) is 1.49. The number of nitrogens with zero attached hydrogens (tertiary/aromatic N) is 2. The Morgan fingerprint density at radius 2 is 1.86 bits per heavy atom. The Kier molecular flexibility index (Phi) is 4.34. The Morgan fingerprint density at radius 3 is 2.48 bits per heavy atom. The van der Waals surface area contributed by atoms with Crippen LogP contribution in [0.1, 0.15) is 21.6 Å². The van der Waals surface area contributed by atoms with E-state index < -0.39 is 11.4 Å². The zero-order valence-corrected chi connectivity index (χ0v) is 13.1. The standard InChI is InChI=1S/C14H12Cl2N2O3/c1-7-4-10(16)11(5-9(7)15)18-6-8(2)13(19)12(17-18)14(20)21-3/h4-6H,1-3H3. The molecule has 0 spiro atoms. The first-order valence-corrected chi connectivity index (χ1v) is 6.75. The van der Waals surface area contributed by atoms with Gasteiger partial charge in [-0.2, -0.15) is 5.10 Å². The normalized spacial score (nSPS) is 10.5. The van der Waals surface area contributed by atoms with Crippen molar-refractivity contribution >= 4 is 29.2 Å². The Hall–Kier alpha value is -1.85. The molecule has 0 radical (unpaired) electrons. The van der Waals surface area contributed by atoms with E-state index in [1.165, 1.54) is 18.0 Å². The fourth-order valence-electron chi connectivity index (χ4n) is 1.78. The molecule has 2 aromatic rings. The summed E-state index contributed by atoms with van der Waals surface area (Å²) in [7, 11) is 1.19. The molecule has 0 aliphatic heterocycles. The zero-order valence-electron chi connectivity index (χ0n) is 11.6. The van der Waals surface area contributed by atoms with Crippen molar-refractivity contribution in [3.63, 3.8) is 0 Å². The Bertz CT molecular complexity index is 785. The second kappa shape index (κ2) is 5.87. The van der Waals surface area contributed by atoms with E-state index in [4.69, 9.17) is 23.2 Å². The van der Waals surface area contributed by atoms with Crippen molar-refractivity contribution in [1.29, 1.82) is 0 Å². The lowest BCUT2D eigenvalue weighted by Crippen LogP contribution is -2.24. The van der Waals surface area contributed by atoms with Crippen molar-refractivity contribution < 1.29 is 9.53 Å². The Labute approximate surface area is 131 Å². The number of esters is 1. The maximum atomic E-state index is 11.9. The van der Waals surface area contributed by atoms with E-state index in [0.29, 0.717) is 21.3 Å². The van der Waals surface area contributed by atoms with E-state index in [1.807, 2.05) is 6.92 Å². The number of hydrogen-bond acceptors (Lipinski definition) is 4. The van der Waals surface area contributed by atoms with Gasteiger partial charge in [0.2, 0.25) is 11.1 Å². The van der Waals surface area contributed by atoms with Gasteiger partial charge in [0.1, 0.15) is 0 Å². The third kappa shape index (κ3) is 2.94. The largest absolute Gasteiger partial charge is 0.464 e. The second-order valence-electron chi connectivity index (χ2n) is 4.48. The van der Waals surface area contributed by atoms with Crippen LogP contribution in [0.2, 0.25) is 10.0 Å². The Morgan fingerprint density at radius 1 is 1.19 bits per heavy atom. The topological polar surface area (TPSA) is 61.2 Å². The van der Waals surface area contributed by atoms with E-state index in [9.17, 15) is 9.59 Å². The minimum atomic E-state index is -0.799. The molecule has 110 valence electrons. The molecule has 5 nitrogen and oxygen atoms in total. The first-order valence-electron chi connectivity index (χ1n) is 6.00. The van der Waals surface area contributed by atoms with E-state index in [1.54, 1.807) is 19.1 Å². The van der Waals surface area contributed by atoms with E-state index >= 15 is 0 Å². The fourth-order valence-corrected chi connectivity index (χ4v) is 2.24. The third-order valence-corrected chi connectivity index (χ3v) is 3.66. The van der Waals surface area contributed by atoms with Crippen LogP contribution in [0.25, 0.3) is 5.69 Å². The molecule has 0 bridgehead atoms. The summed E-state index contributed by atoms with van der Waals surface area (Å²) < 4.78 is 5.91. The first kappa shape index (κ1) is 15.5. The highest BCUT2D eigenvalue weighted by atomic mass is 35.5. The molecule has 0 fully saturated rings. The van der Waals surface area contributed by atoms with Crippen molar-refractivity contribution in [3.05, 3.63) is 55.4 Å². The average molecular weight is 327 g/mol. The number of carbonyl (C=O) groups excluding carboxylic acids is 1. The van der Waals surface area contributed by atoms with Gasteiger partial charge in [0.05, 0.1) is 17.8 Å². The molecule has 7 heteroatoms. The van der Waals surface area contributed by atoms with Crippen LogP contribution in [-0.4, -0.2) is 22.9 Å². The molecule has 21 heavy (non-hydrogen) atoms. The molecule has 0 atom stereocenters. The molecule has 0 N–H and O–H groups in total. The van der Waals surface area contributed by atoms with Crippen LogP contribution in [0.4, 0.5) is 0 Å². The van der Waals surface area contributed by atoms with Crippen LogP contribution in [0.5, 0.6) is 0 Å². The summed E-state index contributed by atoms with van der Waals surface area (Å²) in [5, 5.41) is 4.90. The maximum Gasteiger partial charge on any atom is 0.362 e. The number of benzene rings is 1. The fraction of sp³-hybridized carbons (Fsp3) is 0.214. The van der Waals surface area contributed by atoms with Crippen molar-refractivity contribution in [2.24, 2.45) is 0 Å². The molecule has 0 aliphatic carbocycles. The molecule has 1 aromatic heterocycles. The SMILES string of the molecule is COC(=O)c1nn(-c2cc(Cl)c(C)cc2Cl)cc(C)c1=O. The van der Waals surface area contributed by atoms with Gasteiger partial charge in [-0.25, -0.2) is 9.48 Å². The van der Waals surface area contributed by atoms with E-state index in [2.05, 4.69) is 9.84 Å². The van der Waals surface area contributed by atoms with Crippen molar-refractivity contribution in [2.45, 2.75) is 13.8 Å². The number of halogens is 2. The summed E-state index contributed by atoms with van der Waals surface area (Å²) in [4.78, 5) is 23.5. The van der Waals surface area contributed by atoms with Gasteiger partial charge < -0.3 is 4.74 Å². The van der Waals surface area contributed by atoms with Gasteiger partial charge in [-0.15, -0.1) is 0 Å². The Balaban J connectivity index is 2.71. The number of hydrogen-bond donors (Lipinski definition) is 0. The van der Waals surface area contributed by atoms with E-state index in [0.717, 1.165) is 5.56 Å². The number of aryl methyl sites for hydroxylation is 2. The molecule has 2 rings (SSSR count). The minimum absolute atomic E-state index is 0.301. The number of methoxy groups -OCH3 is 1. The van der Waals surface area contributed by atoms with Crippen molar-refractivity contribution in [2.75, 3.05) is 7.11 Å². The van der Waals surface area contributed by atoms with Gasteiger partial charge in [0.25, 0.3) is 0 Å². The van der Waals surface area contributed by atoms with Gasteiger partial charge >= 0.3 is 5.97 Å². The van der Waals surface area contributed by atoms with Gasteiger partial charge in [-0.05, 0) is 31.5 Å². The van der Waals surface area contributed by atoms with Crippen molar-refractivity contribution in [3.8, 4) is 5.69 Å². The van der Waals surface area contributed by atoms with Crippen LogP contribution < -0.4 is 5.43 Å². The van der Waals surface area contributed by atoms with Gasteiger partial charge in [0.15, 0.2) is 0 Å². The number of carbonyl (C=O) groups is 1. The monoisotopic (exact) mass is 326 g/mol. The summed E-state index contributed by atoms with van der Waals surface area (Å²) >= 11 is 12.3. The first-order chi connectivity index (χ1) is 9.85. The molecular formula is C14H12Cl2N2O3. The lowest BCUT2D eigenvalue weighted by atomic mass is 10.2. The van der Waals surface area contributed by atoms with Crippen LogP contribution in [-0.2, 0) is 4.74 Å². The average Bonchev–Trinajstić information content (AvgIpc) is 2.45. The quantitative estimate of drug-likeness (QED) is 0.796. The lowest BCUT2D eigenvalue weighted by molar-refractivity contribution is 0.0590. The molecule has 0 amide bonds. The molecule has 1 heterocycles. The van der Waals surface area contributed by atoms with Gasteiger partial charge in [-0.3, -0.25) is 4.79 Å². The summed E-state index contributed by atoms with van der Waals surface area (Å²) in [6.45, 7) is 3.40.